The van der Waals surface area contributed by atoms with Crippen LogP contribution in [-0.2, 0) is 4.79 Å². The quantitative estimate of drug-likeness (QED) is 0.859. The van der Waals surface area contributed by atoms with E-state index in [2.05, 4.69) is 15.9 Å². The summed E-state index contributed by atoms with van der Waals surface area (Å²) in [6.45, 7) is 1.56. The average Bonchev–Trinajstić information content (AvgIpc) is 2.22. The predicted molar refractivity (Wildman–Crippen MR) is 72.6 cm³/mol. The van der Waals surface area contributed by atoms with Gasteiger partial charge in [-0.25, -0.2) is 0 Å². The molecule has 0 heterocycles. The van der Waals surface area contributed by atoms with Crippen LogP contribution in [0.3, 0.4) is 0 Å². The number of allylic oxidation sites excluding steroid dienone is 1. The zero-order valence-corrected chi connectivity index (χ0v) is 11.3. The first-order valence-electron chi connectivity index (χ1n) is 4.88. The number of rotatable bonds is 4. The van der Waals surface area contributed by atoms with Gasteiger partial charge in [0.05, 0.1) is 0 Å². The molecule has 0 aliphatic heterocycles. The summed E-state index contributed by atoms with van der Waals surface area (Å²) in [5.41, 5.74) is 0.780. The van der Waals surface area contributed by atoms with Crippen molar-refractivity contribution in [3.8, 4) is 5.75 Å². The molecule has 0 aromatic heterocycles. The van der Waals surface area contributed by atoms with Crippen LogP contribution in [0, 0.1) is 0 Å². The van der Waals surface area contributed by atoms with Gasteiger partial charge in [0.2, 0.25) is 0 Å². The Bertz CT molecular complexity index is 402. The molecular formula is C12H13BrO2S. The fraction of sp³-hybridized carbons (Fsp3) is 0.250. The van der Waals surface area contributed by atoms with E-state index in [0.29, 0.717) is 0 Å². The second kappa shape index (κ2) is 6.76. The number of phenols is 1. The van der Waals surface area contributed by atoms with Gasteiger partial charge in [-0.15, -0.1) is 0 Å². The summed E-state index contributed by atoms with van der Waals surface area (Å²) in [5.74, 6) is 1.04. The zero-order valence-electron chi connectivity index (χ0n) is 8.94. The third-order valence-electron chi connectivity index (χ3n) is 1.88. The minimum Gasteiger partial charge on any atom is -0.507 e. The first kappa shape index (κ1) is 13.3. The molecule has 0 bridgehead atoms. The lowest BCUT2D eigenvalue weighted by molar-refractivity contribution is -0.109. The summed E-state index contributed by atoms with van der Waals surface area (Å²) in [5, 5.41) is 9.69. The largest absolute Gasteiger partial charge is 0.507 e. The van der Waals surface area contributed by atoms with Gasteiger partial charge < -0.3 is 5.11 Å². The van der Waals surface area contributed by atoms with Crippen LogP contribution in [-0.4, -0.2) is 16.0 Å². The molecule has 2 nitrogen and oxygen atoms in total. The number of aromatic hydroxyl groups is 1. The molecule has 0 saturated heterocycles. The molecule has 86 valence electrons. The van der Waals surface area contributed by atoms with Crippen LogP contribution in [0.2, 0.25) is 0 Å². The maximum absolute atomic E-state index is 10.7. The van der Waals surface area contributed by atoms with Crippen molar-refractivity contribution in [3.63, 3.8) is 0 Å². The Labute approximate surface area is 108 Å². The van der Waals surface area contributed by atoms with Crippen LogP contribution in [0.5, 0.6) is 5.75 Å². The normalized spacial score (nSPS) is 10.9. The second-order valence-corrected chi connectivity index (χ2v) is 5.42. The Hall–Kier alpha value is -0.740. The molecule has 0 amide bonds. The number of hydrogen-bond donors (Lipinski definition) is 1. The molecule has 1 rings (SSSR count). The number of carbonyl (C=O) groups excluding carboxylic acids is 1. The van der Waals surface area contributed by atoms with Crippen molar-refractivity contribution in [2.24, 2.45) is 0 Å². The van der Waals surface area contributed by atoms with Crippen molar-refractivity contribution >= 4 is 38.9 Å². The van der Waals surface area contributed by atoms with Crippen LogP contribution in [0.25, 0.3) is 6.08 Å². The number of thioether (sulfide) groups is 1. The standard InChI is InChI=1S/C12H13BrO2S/c1-9(14)16-7-3-2-4-10-8-11(13)5-6-12(10)15/h2,4-6,8,15H,3,7H2,1H3. The summed E-state index contributed by atoms with van der Waals surface area (Å²) < 4.78 is 0.933. The molecule has 4 heteroatoms. The van der Waals surface area contributed by atoms with E-state index in [1.165, 1.54) is 11.8 Å². The minimum atomic E-state index is 0.138. The van der Waals surface area contributed by atoms with Crippen molar-refractivity contribution < 1.29 is 9.90 Å². The topological polar surface area (TPSA) is 37.3 Å². The summed E-state index contributed by atoms with van der Waals surface area (Å²) in [7, 11) is 0. The fourth-order valence-electron chi connectivity index (χ4n) is 1.14. The monoisotopic (exact) mass is 300 g/mol. The Kier molecular flexibility index (Phi) is 5.63. The first-order valence-corrected chi connectivity index (χ1v) is 6.66. The van der Waals surface area contributed by atoms with Gasteiger partial charge in [-0.1, -0.05) is 39.8 Å². The summed E-state index contributed by atoms with van der Waals surface area (Å²) in [6.07, 6.45) is 4.63. The highest BCUT2D eigenvalue weighted by molar-refractivity contribution is 9.10. The highest BCUT2D eigenvalue weighted by Gasteiger charge is 1.97. The summed E-state index contributed by atoms with van der Waals surface area (Å²) in [6, 6.07) is 5.29. The Morgan fingerprint density at radius 3 is 3.00 bits per heavy atom. The number of benzene rings is 1. The van der Waals surface area contributed by atoms with Crippen LogP contribution in [0.4, 0.5) is 0 Å². The molecule has 0 saturated carbocycles. The molecule has 16 heavy (non-hydrogen) atoms. The molecule has 0 aliphatic carbocycles. The van der Waals surface area contributed by atoms with E-state index in [0.717, 1.165) is 22.2 Å². The summed E-state index contributed by atoms with van der Waals surface area (Å²) in [4.78, 5) is 10.7. The molecule has 0 atom stereocenters. The molecular weight excluding hydrogens is 288 g/mol. The van der Waals surface area contributed by atoms with Crippen molar-refractivity contribution in [1.82, 2.24) is 0 Å². The van der Waals surface area contributed by atoms with E-state index in [-0.39, 0.29) is 10.9 Å². The molecule has 1 N–H and O–H groups in total. The number of carbonyl (C=O) groups is 1. The Morgan fingerprint density at radius 1 is 1.56 bits per heavy atom. The lowest BCUT2D eigenvalue weighted by Gasteiger charge is -1.99. The van der Waals surface area contributed by atoms with E-state index in [9.17, 15) is 9.90 Å². The lowest BCUT2D eigenvalue weighted by atomic mass is 10.2. The fourth-order valence-corrected chi connectivity index (χ4v) is 2.06. The highest BCUT2D eigenvalue weighted by atomic mass is 79.9. The van der Waals surface area contributed by atoms with E-state index in [1.807, 2.05) is 18.2 Å². The van der Waals surface area contributed by atoms with Crippen LogP contribution < -0.4 is 0 Å². The molecule has 0 spiro atoms. The maximum Gasteiger partial charge on any atom is 0.185 e. The number of halogens is 1. The molecule has 1 aromatic rings. The zero-order chi connectivity index (χ0) is 12.0. The SMILES string of the molecule is CC(=O)SCCC=Cc1cc(Br)ccc1O. The van der Waals surface area contributed by atoms with Gasteiger partial charge in [-0.3, -0.25) is 4.79 Å². The van der Waals surface area contributed by atoms with Gasteiger partial charge in [0.1, 0.15) is 5.75 Å². The molecule has 0 fully saturated rings. The third kappa shape index (κ3) is 4.86. The van der Waals surface area contributed by atoms with Crippen molar-refractivity contribution in [2.75, 3.05) is 5.75 Å². The molecule has 0 radical (unpaired) electrons. The summed E-state index contributed by atoms with van der Waals surface area (Å²) >= 11 is 4.66. The van der Waals surface area contributed by atoms with Crippen molar-refractivity contribution in [1.29, 1.82) is 0 Å². The molecule has 1 aromatic carbocycles. The number of hydrogen-bond acceptors (Lipinski definition) is 3. The molecule has 0 unspecified atom stereocenters. The van der Waals surface area contributed by atoms with Gasteiger partial charge in [-0.05, 0) is 24.6 Å². The van der Waals surface area contributed by atoms with E-state index in [4.69, 9.17) is 0 Å². The van der Waals surface area contributed by atoms with Gasteiger partial charge in [0, 0.05) is 22.7 Å². The Balaban J connectivity index is 2.49. The average molecular weight is 301 g/mol. The van der Waals surface area contributed by atoms with Gasteiger partial charge in [0.15, 0.2) is 5.12 Å². The van der Waals surface area contributed by atoms with E-state index in [1.54, 1.807) is 19.1 Å². The van der Waals surface area contributed by atoms with Crippen molar-refractivity contribution in [3.05, 3.63) is 34.3 Å². The molecule has 0 aliphatic rings. The van der Waals surface area contributed by atoms with E-state index >= 15 is 0 Å². The Morgan fingerprint density at radius 2 is 2.31 bits per heavy atom. The third-order valence-corrected chi connectivity index (χ3v) is 3.22. The van der Waals surface area contributed by atoms with Crippen LogP contribution >= 0.6 is 27.7 Å². The maximum atomic E-state index is 10.7. The van der Waals surface area contributed by atoms with Crippen molar-refractivity contribution in [2.45, 2.75) is 13.3 Å². The second-order valence-electron chi connectivity index (χ2n) is 3.23. The predicted octanol–water partition coefficient (Wildman–Crippen LogP) is 3.84. The van der Waals surface area contributed by atoms with Gasteiger partial charge in [0.25, 0.3) is 0 Å². The minimum absolute atomic E-state index is 0.138. The van der Waals surface area contributed by atoms with Crippen LogP contribution in [0.15, 0.2) is 28.7 Å². The van der Waals surface area contributed by atoms with E-state index < -0.39 is 0 Å². The van der Waals surface area contributed by atoms with Gasteiger partial charge >= 0.3 is 0 Å². The van der Waals surface area contributed by atoms with Crippen LogP contribution in [0.1, 0.15) is 18.9 Å². The smallest absolute Gasteiger partial charge is 0.185 e. The highest BCUT2D eigenvalue weighted by Crippen LogP contribution is 2.23. The lowest BCUT2D eigenvalue weighted by Crippen LogP contribution is -1.83. The first-order chi connectivity index (χ1) is 7.59. The number of phenolic OH excluding ortho intramolecular Hbond substituents is 1. The van der Waals surface area contributed by atoms with Gasteiger partial charge in [-0.2, -0.15) is 0 Å².